The summed E-state index contributed by atoms with van der Waals surface area (Å²) in [5, 5.41) is 20.0. The third kappa shape index (κ3) is 3.12. The van der Waals surface area contributed by atoms with Crippen LogP contribution >= 0.6 is 0 Å². The van der Waals surface area contributed by atoms with Gasteiger partial charge in [-0.2, -0.15) is 5.10 Å². The molecule has 106 valence electrons. The fraction of sp³-hybridized carbons (Fsp3) is 0.118. The van der Waals surface area contributed by atoms with Crippen LogP contribution in [0, 0.1) is 0 Å². The van der Waals surface area contributed by atoms with Crippen molar-refractivity contribution in [3.05, 3.63) is 71.9 Å². The van der Waals surface area contributed by atoms with Gasteiger partial charge in [0.25, 0.3) is 0 Å². The minimum absolute atomic E-state index is 0.0292. The molecule has 3 N–H and O–H groups in total. The highest BCUT2D eigenvalue weighted by Gasteiger charge is 2.04. The third-order valence-electron chi connectivity index (χ3n) is 3.36. The Morgan fingerprint density at radius 2 is 1.76 bits per heavy atom. The Kier molecular flexibility index (Phi) is 3.98. The van der Waals surface area contributed by atoms with Gasteiger partial charge in [-0.05, 0) is 12.1 Å². The van der Waals surface area contributed by atoms with Crippen LogP contribution in [0.15, 0.2) is 60.7 Å². The van der Waals surface area contributed by atoms with Gasteiger partial charge in [0.1, 0.15) is 0 Å². The van der Waals surface area contributed by atoms with Gasteiger partial charge in [0.2, 0.25) is 0 Å². The number of aliphatic hydroxyl groups is 1. The normalized spacial score (nSPS) is 10.5. The zero-order valence-corrected chi connectivity index (χ0v) is 11.6. The molecule has 0 saturated carbocycles. The number of benzene rings is 2. The van der Waals surface area contributed by atoms with E-state index in [1.54, 1.807) is 0 Å². The van der Waals surface area contributed by atoms with Gasteiger partial charge in [-0.15, -0.1) is 0 Å². The molecule has 1 aromatic heterocycles. The van der Waals surface area contributed by atoms with Crippen LogP contribution in [0.1, 0.15) is 11.3 Å². The van der Waals surface area contributed by atoms with Crippen molar-refractivity contribution in [1.82, 2.24) is 10.2 Å². The Morgan fingerprint density at radius 3 is 2.57 bits per heavy atom. The SMILES string of the molecule is OCc1ccccc1NCc1cc(-c2ccccc2)n[nH]1. The Morgan fingerprint density at radius 1 is 1.00 bits per heavy atom. The smallest absolute Gasteiger partial charge is 0.0924 e. The van der Waals surface area contributed by atoms with E-state index in [-0.39, 0.29) is 6.61 Å². The number of nitrogens with zero attached hydrogens (tertiary/aromatic N) is 1. The highest BCUT2D eigenvalue weighted by molar-refractivity contribution is 5.59. The van der Waals surface area contributed by atoms with Crippen molar-refractivity contribution in [3.8, 4) is 11.3 Å². The summed E-state index contributed by atoms with van der Waals surface area (Å²) in [4.78, 5) is 0. The standard InChI is InChI=1S/C17H17N3O/c21-12-14-8-4-5-9-16(14)18-11-15-10-17(20-19-15)13-6-2-1-3-7-13/h1-10,18,21H,11-12H2,(H,19,20). The average molecular weight is 279 g/mol. The van der Waals surface area contributed by atoms with E-state index in [4.69, 9.17) is 0 Å². The van der Waals surface area contributed by atoms with Crippen molar-refractivity contribution < 1.29 is 5.11 Å². The van der Waals surface area contributed by atoms with Gasteiger partial charge < -0.3 is 10.4 Å². The van der Waals surface area contributed by atoms with Crippen LogP contribution in [-0.4, -0.2) is 15.3 Å². The zero-order chi connectivity index (χ0) is 14.5. The molecule has 0 bridgehead atoms. The predicted molar refractivity (Wildman–Crippen MR) is 83.7 cm³/mol. The number of H-pyrrole nitrogens is 1. The lowest BCUT2D eigenvalue weighted by atomic mass is 10.1. The van der Waals surface area contributed by atoms with Crippen LogP contribution in [0.4, 0.5) is 5.69 Å². The lowest BCUT2D eigenvalue weighted by molar-refractivity contribution is 0.282. The molecule has 4 nitrogen and oxygen atoms in total. The average Bonchev–Trinajstić information content (AvgIpc) is 3.03. The summed E-state index contributed by atoms with van der Waals surface area (Å²) in [6, 6.07) is 19.8. The first-order chi connectivity index (χ1) is 10.4. The second-order valence-corrected chi connectivity index (χ2v) is 4.81. The van der Waals surface area contributed by atoms with E-state index in [1.807, 2.05) is 60.7 Å². The first kappa shape index (κ1) is 13.4. The van der Waals surface area contributed by atoms with Crippen molar-refractivity contribution in [2.24, 2.45) is 0 Å². The highest BCUT2D eigenvalue weighted by atomic mass is 16.3. The first-order valence-electron chi connectivity index (χ1n) is 6.89. The van der Waals surface area contributed by atoms with Gasteiger partial charge in [-0.25, -0.2) is 0 Å². The molecule has 3 rings (SSSR count). The molecule has 0 aliphatic heterocycles. The maximum Gasteiger partial charge on any atom is 0.0924 e. The first-order valence-corrected chi connectivity index (χ1v) is 6.89. The van der Waals surface area contributed by atoms with Gasteiger partial charge in [0.15, 0.2) is 0 Å². The summed E-state index contributed by atoms with van der Waals surface area (Å²) in [5.74, 6) is 0. The van der Waals surface area contributed by atoms with E-state index in [0.717, 1.165) is 28.2 Å². The topological polar surface area (TPSA) is 60.9 Å². The van der Waals surface area contributed by atoms with Crippen molar-refractivity contribution in [2.45, 2.75) is 13.2 Å². The molecule has 2 aromatic carbocycles. The summed E-state index contributed by atoms with van der Waals surface area (Å²) in [5.41, 5.74) is 4.86. The van der Waals surface area contributed by atoms with E-state index in [9.17, 15) is 5.11 Å². The van der Waals surface area contributed by atoms with Crippen molar-refractivity contribution in [1.29, 1.82) is 0 Å². The van der Waals surface area contributed by atoms with Crippen LogP contribution in [-0.2, 0) is 13.2 Å². The van der Waals surface area contributed by atoms with Crippen LogP contribution in [0.25, 0.3) is 11.3 Å². The van der Waals surface area contributed by atoms with Crippen LogP contribution < -0.4 is 5.32 Å². The molecule has 4 heteroatoms. The van der Waals surface area contributed by atoms with E-state index in [1.165, 1.54) is 0 Å². The number of aliphatic hydroxyl groups excluding tert-OH is 1. The van der Waals surface area contributed by atoms with Gasteiger partial charge in [0, 0.05) is 16.8 Å². The fourth-order valence-corrected chi connectivity index (χ4v) is 2.23. The van der Waals surface area contributed by atoms with Crippen LogP contribution in [0.2, 0.25) is 0 Å². The summed E-state index contributed by atoms with van der Waals surface area (Å²) < 4.78 is 0. The Hall–Kier alpha value is -2.59. The summed E-state index contributed by atoms with van der Waals surface area (Å²) in [7, 11) is 0. The number of nitrogens with one attached hydrogen (secondary N) is 2. The zero-order valence-electron chi connectivity index (χ0n) is 11.6. The van der Waals surface area contributed by atoms with Crippen molar-refractivity contribution in [3.63, 3.8) is 0 Å². The Bertz CT molecular complexity index is 707. The number of para-hydroxylation sites is 1. The second kappa shape index (κ2) is 6.24. The maximum atomic E-state index is 9.31. The van der Waals surface area contributed by atoms with Gasteiger partial charge >= 0.3 is 0 Å². The molecule has 1 heterocycles. The molecule has 0 fully saturated rings. The van der Waals surface area contributed by atoms with Gasteiger partial charge in [-0.3, -0.25) is 5.10 Å². The molecular formula is C17H17N3O. The van der Waals surface area contributed by atoms with Gasteiger partial charge in [0.05, 0.1) is 24.5 Å². The molecule has 0 unspecified atom stereocenters. The molecule has 0 atom stereocenters. The maximum absolute atomic E-state index is 9.31. The molecule has 3 aromatic rings. The molecule has 21 heavy (non-hydrogen) atoms. The number of rotatable bonds is 5. The molecular weight excluding hydrogens is 262 g/mol. The quantitative estimate of drug-likeness (QED) is 0.672. The van der Waals surface area contributed by atoms with Crippen molar-refractivity contribution in [2.75, 3.05) is 5.32 Å². The Balaban J connectivity index is 1.71. The number of hydrogen-bond acceptors (Lipinski definition) is 3. The number of aromatic amines is 1. The molecule has 0 radical (unpaired) electrons. The summed E-state index contributed by atoms with van der Waals surface area (Å²) >= 11 is 0. The largest absolute Gasteiger partial charge is 0.392 e. The molecule has 0 aliphatic rings. The number of anilines is 1. The lowest BCUT2D eigenvalue weighted by Crippen LogP contribution is -2.02. The minimum atomic E-state index is 0.0292. The second-order valence-electron chi connectivity index (χ2n) is 4.81. The molecule has 0 saturated heterocycles. The van der Waals surface area contributed by atoms with E-state index < -0.39 is 0 Å². The van der Waals surface area contributed by atoms with E-state index in [2.05, 4.69) is 15.5 Å². The van der Waals surface area contributed by atoms with Crippen LogP contribution in [0.3, 0.4) is 0 Å². The fourth-order valence-electron chi connectivity index (χ4n) is 2.23. The van der Waals surface area contributed by atoms with E-state index in [0.29, 0.717) is 6.54 Å². The molecule has 0 amide bonds. The van der Waals surface area contributed by atoms with Crippen LogP contribution in [0.5, 0.6) is 0 Å². The lowest BCUT2D eigenvalue weighted by Gasteiger charge is -2.08. The minimum Gasteiger partial charge on any atom is -0.392 e. The predicted octanol–water partition coefficient (Wildman–Crippen LogP) is 3.18. The van der Waals surface area contributed by atoms with Crippen molar-refractivity contribution >= 4 is 5.69 Å². The summed E-state index contributed by atoms with van der Waals surface area (Å²) in [6.45, 7) is 0.665. The molecule has 0 aliphatic carbocycles. The van der Waals surface area contributed by atoms with Gasteiger partial charge in [-0.1, -0.05) is 48.5 Å². The number of aromatic nitrogens is 2. The molecule has 0 spiro atoms. The highest BCUT2D eigenvalue weighted by Crippen LogP contribution is 2.19. The number of hydrogen-bond donors (Lipinski definition) is 3. The Labute approximate surface area is 123 Å². The monoisotopic (exact) mass is 279 g/mol. The summed E-state index contributed by atoms with van der Waals surface area (Å²) in [6.07, 6.45) is 0. The third-order valence-corrected chi connectivity index (χ3v) is 3.36. The van der Waals surface area contributed by atoms with E-state index >= 15 is 0 Å².